The molecule has 4 rings (SSSR count). The Morgan fingerprint density at radius 3 is 2.74 bits per heavy atom. The highest BCUT2D eigenvalue weighted by Gasteiger charge is 2.22. The van der Waals surface area contributed by atoms with Gasteiger partial charge in [0.1, 0.15) is 11.4 Å². The van der Waals surface area contributed by atoms with E-state index in [4.69, 9.17) is 5.73 Å². The first-order valence-corrected chi connectivity index (χ1v) is 11.0. The fourth-order valence-electron chi connectivity index (χ4n) is 3.53. The van der Waals surface area contributed by atoms with Crippen LogP contribution in [-0.4, -0.2) is 45.4 Å². The normalized spacial score (nSPS) is 13.7. The number of hydrogen-bond donors (Lipinski definition) is 5. The summed E-state index contributed by atoms with van der Waals surface area (Å²) in [6.07, 6.45) is 4.22. The third kappa shape index (κ3) is 4.44. The van der Waals surface area contributed by atoms with Gasteiger partial charge in [-0.05, 0) is 62.4 Å². The van der Waals surface area contributed by atoms with Gasteiger partial charge in [0.05, 0.1) is 0 Å². The molecule has 2 aromatic heterocycles. The summed E-state index contributed by atoms with van der Waals surface area (Å²) >= 11 is 1.18. The first-order chi connectivity index (χ1) is 15.0. The summed E-state index contributed by atoms with van der Waals surface area (Å²) in [4.78, 5) is 43.6. The number of nitrogens with two attached hydrogens (primary N) is 1. The van der Waals surface area contributed by atoms with Crippen molar-refractivity contribution < 1.29 is 19.5 Å². The number of aromatic amines is 1. The van der Waals surface area contributed by atoms with Crippen LogP contribution in [-0.2, 0) is 6.42 Å². The van der Waals surface area contributed by atoms with Crippen molar-refractivity contribution in [3.63, 3.8) is 0 Å². The van der Waals surface area contributed by atoms with E-state index in [2.05, 4.69) is 20.6 Å². The predicted octanol–water partition coefficient (Wildman–Crippen LogP) is 2.75. The van der Waals surface area contributed by atoms with Crippen LogP contribution in [0.3, 0.4) is 0 Å². The minimum absolute atomic E-state index is 0.114. The molecule has 10 heteroatoms. The van der Waals surface area contributed by atoms with Crippen molar-refractivity contribution in [2.75, 3.05) is 11.9 Å². The van der Waals surface area contributed by atoms with Crippen LogP contribution in [0.15, 0.2) is 23.6 Å². The number of H-pyrrole nitrogens is 1. The number of hydrogen-bond acceptors (Lipinski definition) is 6. The number of carboxylic acid groups (broad SMARTS) is 1. The largest absolute Gasteiger partial charge is 0.477 e. The molecular weight excluding hydrogens is 418 g/mol. The maximum atomic E-state index is 12.7. The van der Waals surface area contributed by atoms with Crippen molar-refractivity contribution in [1.82, 2.24) is 15.3 Å². The lowest BCUT2D eigenvalue weighted by atomic mass is 9.93. The average molecular weight is 442 g/mol. The number of nitrogens with zero attached hydrogens (tertiary/aromatic N) is 1. The fraction of sp³-hybridized carbons (Fsp3) is 0.333. The van der Waals surface area contributed by atoms with Gasteiger partial charge < -0.3 is 21.1 Å². The van der Waals surface area contributed by atoms with Crippen molar-refractivity contribution in [3.8, 4) is 0 Å². The number of amides is 2. The number of aromatic carboxylic acids is 1. The van der Waals surface area contributed by atoms with Crippen LogP contribution < -0.4 is 16.4 Å². The third-order valence-corrected chi connectivity index (χ3v) is 6.17. The molecule has 0 aliphatic heterocycles. The van der Waals surface area contributed by atoms with Crippen LogP contribution in [0.4, 0.5) is 5.13 Å². The van der Waals surface area contributed by atoms with E-state index in [-0.39, 0.29) is 29.2 Å². The van der Waals surface area contributed by atoms with Gasteiger partial charge in [0.25, 0.3) is 11.8 Å². The Kier molecular flexibility index (Phi) is 6.01. The summed E-state index contributed by atoms with van der Waals surface area (Å²) in [7, 11) is 0. The standard InChI is InChI=1S/C21H23N5O4S/c22-8-2-5-13-14-9-11(6-7-15(14)24-17(13)20(29)30)18(27)26-21-25-16(10-31-21)19(28)23-12-3-1-4-12/h6-7,9-10,12,24H,1-5,8,22H2,(H,23,28)(H,29,30)(H,25,26,27). The molecule has 2 heterocycles. The van der Waals surface area contributed by atoms with Crippen LogP contribution in [0, 0.1) is 0 Å². The number of anilines is 1. The van der Waals surface area contributed by atoms with Crippen LogP contribution >= 0.6 is 11.3 Å². The minimum atomic E-state index is -1.05. The zero-order valence-electron chi connectivity index (χ0n) is 16.7. The number of rotatable bonds is 8. The highest BCUT2D eigenvalue weighted by atomic mass is 32.1. The van der Waals surface area contributed by atoms with Gasteiger partial charge in [-0.25, -0.2) is 9.78 Å². The smallest absolute Gasteiger partial charge is 0.352 e. The van der Waals surface area contributed by atoms with E-state index in [0.29, 0.717) is 46.5 Å². The van der Waals surface area contributed by atoms with Gasteiger partial charge in [-0.15, -0.1) is 11.3 Å². The highest BCUT2D eigenvalue weighted by molar-refractivity contribution is 7.14. The second-order valence-corrected chi connectivity index (χ2v) is 8.39. The molecule has 1 aliphatic rings. The van der Waals surface area contributed by atoms with Crippen molar-refractivity contribution in [2.24, 2.45) is 5.73 Å². The lowest BCUT2D eigenvalue weighted by Crippen LogP contribution is -2.39. The van der Waals surface area contributed by atoms with Gasteiger partial charge in [-0.2, -0.15) is 0 Å². The van der Waals surface area contributed by atoms with Gasteiger partial charge in [0.2, 0.25) is 0 Å². The molecule has 3 aromatic rings. The molecule has 0 radical (unpaired) electrons. The second-order valence-electron chi connectivity index (χ2n) is 7.53. The number of carboxylic acids is 1. The number of aromatic nitrogens is 2. The molecule has 1 fully saturated rings. The Balaban J connectivity index is 1.52. The van der Waals surface area contributed by atoms with Gasteiger partial charge in [-0.3, -0.25) is 14.9 Å². The maximum Gasteiger partial charge on any atom is 0.352 e. The monoisotopic (exact) mass is 441 g/mol. The van der Waals surface area contributed by atoms with Crippen LogP contribution in [0.5, 0.6) is 0 Å². The average Bonchev–Trinajstić information content (AvgIpc) is 3.33. The molecular formula is C21H23N5O4S. The minimum Gasteiger partial charge on any atom is -0.477 e. The zero-order chi connectivity index (χ0) is 22.0. The molecule has 9 nitrogen and oxygen atoms in total. The summed E-state index contributed by atoms with van der Waals surface area (Å²) in [6, 6.07) is 5.17. The maximum absolute atomic E-state index is 12.7. The number of fused-ring (bicyclic) bond motifs is 1. The number of thiazole rings is 1. The zero-order valence-corrected chi connectivity index (χ0v) is 17.6. The van der Waals surface area contributed by atoms with Gasteiger partial charge >= 0.3 is 5.97 Å². The molecule has 0 atom stereocenters. The van der Waals surface area contributed by atoms with E-state index in [1.807, 2.05) is 0 Å². The SMILES string of the molecule is NCCCc1c(C(=O)O)[nH]c2ccc(C(=O)Nc3nc(C(=O)NC4CCC4)cs3)cc12. The summed E-state index contributed by atoms with van der Waals surface area (Å²) in [6.45, 7) is 0.437. The molecule has 31 heavy (non-hydrogen) atoms. The van der Waals surface area contributed by atoms with Crippen molar-refractivity contribution >= 4 is 45.2 Å². The van der Waals surface area contributed by atoms with Gasteiger partial charge in [-0.1, -0.05) is 0 Å². The van der Waals surface area contributed by atoms with Crippen LogP contribution in [0.25, 0.3) is 10.9 Å². The number of aryl methyl sites for hydroxylation is 1. The highest BCUT2D eigenvalue weighted by Crippen LogP contribution is 2.26. The molecule has 162 valence electrons. The lowest BCUT2D eigenvalue weighted by molar-refractivity contribution is 0.0689. The second kappa shape index (κ2) is 8.86. The van der Waals surface area contributed by atoms with Gasteiger partial charge in [0, 0.05) is 27.9 Å². The summed E-state index contributed by atoms with van der Waals surface area (Å²) in [5.74, 6) is -1.67. The Morgan fingerprint density at radius 2 is 2.06 bits per heavy atom. The van der Waals surface area contributed by atoms with Crippen molar-refractivity contribution in [1.29, 1.82) is 0 Å². The van der Waals surface area contributed by atoms with E-state index in [0.717, 1.165) is 19.3 Å². The molecule has 0 bridgehead atoms. The van der Waals surface area contributed by atoms with Crippen LogP contribution in [0.2, 0.25) is 0 Å². The molecule has 0 saturated heterocycles. The lowest BCUT2D eigenvalue weighted by Gasteiger charge is -2.25. The molecule has 0 spiro atoms. The molecule has 2 amide bonds. The van der Waals surface area contributed by atoms with Crippen molar-refractivity contribution in [3.05, 3.63) is 46.1 Å². The predicted molar refractivity (Wildman–Crippen MR) is 118 cm³/mol. The first-order valence-electron chi connectivity index (χ1n) is 10.1. The summed E-state index contributed by atoms with van der Waals surface area (Å²) in [5.41, 5.74) is 7.62. The topological polar surface area (TPSA) is 150 Å². The number of carbonyl (C=O) groups excluding carboxylic acids is 2. The molecule has 6 N–H and O–H groups in total. The number of nitrogens with one attached hydrogen (secondary N) is 3. The fourth-order valence-corrected chi connectivity index (χ4v) is 4.21. The Labute approximate surface area is 182 Å². The molecule has 1 saturated carbocycles. The quantitative estimate of drug-likeness (QED) is 0.363. The Morgan fingerprint density at radius 1 is 1.26 bits per heavy atom. The van der Waals surface area contributed by atoms with E-state index < -0.39 is 5.97 Å². The van der Waals surface area contributed by atoms with E-state index in [1.165, 1.54) is 11.3 Å². The van der Waals surface area contributed by atoms with Crippen LogP contribution in [0.1, 0.15) is 62.6 Å². The Bertz CT molecular complexity index is 1150. The van der Waals surface area contributed by atoms with E-state index >= 15 is 0 Å². The van der Waals surface area contributed by atoms with E-state index in [9.17, 15) is 19.5 Å². The first kappa shape index (κ1) is 21.0. The Hall–Kier alpha value is -3.24. The molecule has 1 aromatic carbocycles. The van der Waals surface area contributed by atoms with E-state index in [1.54, 1.807) is 23.6 Å². The summed E-state index contributed by atoms with van der Waals surface area (Å²) < 4.78 is 0. The third-order valence-electron chi connectivity index (χ3n) is 5.41. The summed E-state index contributed by atoms with van der Waals surface area (Å²) in [5, 5.41) is 17.7. The number of benzene rings is 1. The number of carbonyl (C=O) groups is 3. The van der Waals surface area contributed by atoms with Crippen molar-refractivity contribution in [2.45, 2.75) is 38.1 Å². The molecule has 1 aliphatic carbocycles. The van der Waals surface area contributed by atoms with Gasteiger partial charge in [0.15, 0.2) is 5.13 Å². The molecule has 0 unspecified atom stereocenters.